The number of nitrogens with zero attached hydrogens (tertiary/aromatic N) is 1. The second-order valence-corrected chi connectivity index (χ2v) is 5.59. The SMILES string of the molecule is CC1CCC(C(N)=O)CN1c1cc(Cl)ccc1CN. The van der Waals surface area contributed by atoms with Crippen LogP contribution in [0.25, 0.3) is 0 Å². The number of amides is 1. The second-order valence-electron chi connectivity index (χ2n) is 5.16. The molecule has 1 saturated heterocycles. The number of benzene rings is 1. The molecule has 0 bridgehead atoms. The van der Waals surface area contributed by atoms with Crippen LogP contribution >= 0.6 is 11.6 Å². The molecule has 104 valence electrons. The van der Waals surface area contributed by atoms with Crippen LogP contribution in [0.5, 0.6) is 0 Å². The van der Waals surface area contributed by atoms with Gasteiger partial charge in [-0.15, -0.1) is 0 Å². The van der Waals surface area contributed by atoms with E-state index in [4.69, 9.17) is 23.1 Å². The van der Waals surface area contributed by atoms with Crippen molar-refractivity contribution in [1.82, 2.24) is 0 Å². The third kappa shape index (κ3) is 3.01. The van der Waals surface area contributed by atoms with Crippen LogP contribution in [0, 0.1) is 5.92 Å². The Kier molecular flexibility index (Phi) is 4.32. The summed E-state index contributed by atoms with van der Waals surface area (Å²) < 4.78 is 0. The summed E-state index contributed by atoms with van der Waals surface area (Å²) in [6, 6.07) is 6.06. The topological polar surface area (TPSA) is 72.4 Å². The molecule has 19 heavy (non-hydrogen) atoms. The summed E-state index contributed by atoms with van der Waals surface area (Å²) in [5, 5.41) is 0.681. The lowest BCUT2D eigenvalue weighted by atomic mass is 9.92. The summed E-state index contributed by atoms with van der Waals surface area (Å²) in [6.07, 6.45) is 1.80. The fourth-order valence-corrected chi connectivity index (χ4v) is 2.82. The third-order valence-corrected chi connectivity index (χ3v) is 4.10. The minimum absolute atomic E-state index is 0.0965. The maximum Gasteiger partial charge on any atom is 0.222 e. The molecule has 0 aliphatic carbocycles. The molecule has 0 saturated carbocycles. The first-order valence-electron chi connectivity index (χ1n) is 6.57. The van der Waals surface area contributed by atoms with E-state index in [0.29, 0.717) is 24.2 Å². The zero-order valence-corrected chi connectivity index (χ0v) is 11.9. The molecule has 1 amide bonds. The van der Waals surface area contributed by atoms with Crippen molar-refractivity contribution in [2.75, 3.05) is 11.4 Å². The van der Waals surface area contributed by atoms with Gasteiger partial charge in [0.2, 0.25) is 5.91 Å². The molecule has 5 heteroatoms. The number of piperidine rings is 1. The number of hydrogen-bond acceptors (Lipinski definition) is 3. The molecule has 1 aromatic rings. The van der Waals surface area contributed by atoms with Crippen LogP contribution in [-0.2, 0) is 11.3 Å². The summed E-state index contributed by atoms with van der Waals surface area (Å²) in [4.78, 5) is 13.6. The highest BCUT2D eigenvalue weighted by Crippen LogP contribution is 2.32. The molecular formula is C14H20ClN3O. The number of nitrogens with two attached hydrogens (primary N) is 2. The average Bonchev–Trinajstić information content (AvgIpc) is 2.39. The standard InChI is InChI=1S/C14H20ClN3O/c1-9-2-3-11(14(17)19)8-18(9)13-6-12(15)5-4-10(13)7-16/h4-6,9,11H,2-3,7-8,16H2,1H3,(H2,17,19). The largest absolute Gasteiger partial charge is 0.369 e. The third-order valence-electron chi connectivity index (χ3n) is 3.86. The molecule has 1 fully saturated rings. The number of primary amides is 1. The Morgan fingerprint density at radius 3 is 2.84 bits per heavy atom. The van der Waals surface area contributed by atoms with Gasteiger partial charge in [-0.05, 0) is 37.5 Å². The Labute approximate surface area is 118 Å². The Balaban J connectivity index is 2.32. The van der Waals surface area contributed by atoms with Crippen LogP contribution in [0.1, 0.15) is 25.3 Å². The van der Waals surface area contributed by atoms with Gasteiger partial charge < -0.3 is 16.4 Å². The Morgan fingerprint density at radius 2 is 2.21 bits per heavy atom. The molecule has 2 unspecified atom stereocenters. The molecule has 0 aromatic heterocycles. The van der Waals surface area contributed by atoms with E-state index < -0.39 is 0 Å². The normalized spacial score (nSPS) is 23.4. The van der Waals surface area contributed by atoms with Crippen molar-refractivity contribution in [3.63, 3.8) is 0 Å². The van der Waals surface area contributed by atoms with Gasteiger partial charge >= 0.3 is 0 Å². The summed E-state index contributed by atoms with van der Waals surface area (Å²) in [5.74, 6) is -0.325. The first-order chi connectivity index (χ1) is 9.02. The Hall–Kier alpha value is -1.26. The predicted octanol–water partition coefficient (Wildman–Crippen LogP) is 1.89. The minimum atomic E-state index is -0.228. The summed E-state index contributed by atoms with van der Waals surface area (Å²) in [7, 11) is 0. The van der Waals surface area contributed by atoms with E-state index in [0.717, 1.165) is 24.1 Å². The molecule has 4 N–H and O–H groups in total. The molecule has 1 aromatic carbocycles. The van der Waals surface area contributed by atoms with Gasteiger partial charge in [0.25, 0.3) is 0 Å². The molecule has 2 atom stereocenters. The van der Waals surface area contributed by atoms with Crippen molar-refractivity contribution in [2.45, 2.75) is 32.4 Å². The zero-order chi connectivity index (χ0) is 14.0. The number of hydrogen-bond donors (Lipinski definition) is 2. The highest BCUT2D eigenvalue weighted by atomic mass is 35.5. The Bertz CT molecular complexity index is 478. The molecule has 2 rings (SSSR count). The van der Waals surface area contributed by atoms with Crippen LogP contribution in [-0.4, -0.2) is 18.5 Å². The van der Waals surface area contributed by atoms with Gasteiger partial charge in [-0.25, -0.2) is 0 Å². The lowest BCUT2D eigenvalue weighted by Gasteiger charge is -2.39. The van der Waals surface area contributed by atoms with E-state index in [-0.39, 0.29) is 11.8 Å². The quantitative estimate of drug-likeness (QED) is 0.889. The second kappa shape index (κ2) is 5.80. The minimum Gasteiger partial charge on any atom is -0.369 e. The fourth-order valence-electron chi connectivity index (χ4n) is 2.65. The van der Waals surface area contributed by atoms with Gasteiger partial charge in [0, 0.05) is 29.8 Å². The first-order valence-corrected chi connectivity index (χ1v) is 6.95. The van der Waals surface area contributed by atoms with Crippen molar-refractivity contribution in [1.29, 1.82) is 0 Å². The summed E-state index contributed by atoms with van der Waals surface area (Å²) in [6.45, 7) is 3.25. The van der Waals surface area contributed by atoms with Gasteiger partial charge in [-0.1, -0.05) is 17.7 Å². The number of carbonyl (C=O) groups excluding carboxylic acids is 1. The maximum absolute atomic E-state index is 11.4. The Morgan fingerprint density at radius 1 is 1.47 bits per heavy atom. The van der Waals surface area contributed by atoms with Crippen LogP contribution in [0.3, 0.4) is 0 Å². The van der Waals surface area contributed by atoms with Crippen LogP contribution in [0.15, 0.2) is 18.2 Å². The van der Waals surface area contributed by atoms with E-state index in [1.807, 2.05) is 18.2 Å². The zero-order valence-electron chi connectivity index (χ0n) is 11.1. The maximum atomic E-state index is 11.4. The van der Waals surface area contributed by atoms with Crippen molar-refractivity contribution >= 4 is 23.2 Å². The van der Waals surface area contributed by atoms with Crippen molar-refractivity contribution in [3.05, 3.63) is 28.8 Å². The van der Waals surface area contributed by atoms with E-state index in [1.54, 1.807) is 0 Å². The van der Waals surface area contributed by atoms with E-state index in [9.17, 15) is 4.79 Å². The summed E-state index contributed by atoms with van der Waals surface area (Å²) in [5.41, 5.74) is 13.3. The smallest absolute Gasteiger partial charge is 0.222 e. The highest BCUT2D eigenvalue weighted by Gasteiger charge is 2.29. The van der Waals surface area contributed by atoms with E-state index >= 15 is 0 Å². The number of halogens is 1. The monoisotopic (exact) mass is 281 g/mol. The van der Waals surface area contributed by atoms with E-state index in [1.165, 1.54) is 0 Å². The van der Waals surface area contributed by atoms with Crippen molar-refractivity contribution in [2.24, 2.45) is 17.4 Å². The molecule has 0 spiro atoms. The molecule has 1 heterocycles. The van der Waals surface area contributed by atoms with E-state index in [2.05, 4.69) is 11.8 Å². The molecular weight excluding hydrogens is 262 g/mol. The molecule has 0 radical (unpaired) electrons. The van der Waals surface area contributed by atoms with Gasteiger partial charge in [0.15, 0.2) is 0 Å². The van der Waals surface area contributed by atoms with Gasteiger partial charge in [0.05, 0.1) is 5.92 Å². The predicted molar refractivity (Wildman–Crippen MR) is 78.1 cm³/mol. The van der Waals surface area contributed by atoms with Gasteiger partial charge in [0.1, 0.15) is 0 Å². The first kappa shape index (κ1) is 14.2. The fraction of sp³-hybridized carbons (Fsp3) is 0.500. The number of anilines is 1. The lowest BCUT2D eigenvalue weighted by molar-refractivity contribution is -0.122. The van der Waals surface area contributed by atoms with Crippen LogP contribution in [0.2, 0.25) is 5.02 Å². The lowest BCUT2D eigenvalue weighted by Crippen LogP contribution is -2.46. The van der Waals surface area contributed by atoms with Gasteiger partial charge in [-0.2, -0.15) is 0 Å². The highest BCUT2D eigenvalue weighted by molar-refractivity contribution is 6.30. The van der Waals surface area contributed by atoms with Crippen LogP contribution < -0.4 is 16.4 Å². The van der Waals surface area contributed by atoms with Crippen molar-refractivity contribution in [3.8, 4) is 0 Å². The number of rotatable bonds is 3. The molecule has 1 aliphatic rings. The molecule has 4 nitrogen and oxygen atoms in total. The summed E-state index contributed by atoms with van der Waals surface area (Å²) >= 11 is 6.08. The number of carbonyl (C=O) groups is 1. The van der Waals surface area contributed by atoms with Crippen molar-refractivity contribution < 1.29 is 4.79 Å². The van der Waals surface area contributed by atoms with Gasteiger partial charge in [-0.3, -0.25) is 4.79 Å². The average molecular weight is 282 g/mol. The van der Waals surface area contributed by atoms with Crippen LogP contribution in [0.4, 0.5) is 5.69 Å². The molecule has 1 aliphatic heterocycles.